The van der Waals surface area contributed by atoms with Crippen molar-refractivity contribution in [3.63, 3.8) is 0 Å². The maximum absolute atomic E-state index is 14.5. The van der Waals surface area contributed by atoms with Crippen LogP contribution >= 0.6 is 11.6 Å². The van der Waals surface area contributed by atoms with Crippen molar-refractivity contribution in [3.05, 3.63) is 97.9 Å². The van der Waals surface area contributed by atoms with Gasteiger partial charge in [-0.25, -0.2) is 9.18 Å². The van der Waals surface area contributed by atoms with Crippen LogP contribution in [0.15, 0.2) is 63.8 Å². The van der Waals surface area contributed by atoms with Crippen molar-refractivity contribution in [2.24, 2.45) is 0 Å². The van der Waals surface area contributed by atoms with Gasteiger partial charge in [0.2, 0.25) is 0 Å². The zero-order valence-electron chi connectivity index (χ0n) is 18.2. The number of aryl methyl sites for hydroxylation is 1. The smallest absolute Gasteiger partial charge is 0.337 e. The standard InChI is InChI=1S/C26H21ClFNO4/c1-13-10-18(15(3)29-22-9-8-16(27)12-19(22)26(31)32)25-20(11-13)23(30)14(2)24(33-25)17-6-4-5-7-21(17)28/h4-12,15,29H,1-3H3,(H,31,32). The van der Waals surface area contributed by atoms with Crippen molar-refractivity contribution in [2.45, 2.75) is 26.8 Å². The van der Waals surface area contributed by atoms with E-state index in [0.29, 0.717) is 32.8 Å². The number of aromatic carboxylic acids is 1. The summed E-state index contributed by atoms with van der Waals surface area (Å²) in [6.07, 6.45) is 0. The Balaban J connectivity index is 1.90. The number of fused-ring (bicyclic) bond motifs is 1. The Kier molecular flexibility index (Phi) is 5.95. The summed E-state index contributed by atoms with van der Waals surface area (Å²) in [7, 11) is 0. The van der Waals surface area contributed by atoms with E-state index >= 15 is 0 Å². The van der Waals surface area contributed by atoms with E-state index in [1.807, 2.05) is 19.9 Å². The molecule has 5 nitrogen and oxygen atoms in total. The highest BCUT2D eigenvalue weighted by atomic mass is 35.5. The van der Waals surface area contributed by atoms with E-state index in [0.717, 1.165) is 5.56 Å². The Bertz CT molecular complexity index is 1460. The highest BCUT2D eigenvalue weighted by Crippen LogP contribution is 2.33. The molecule has 4 rings (SSSR count). The van der Waals surface area contributed by atoms with Crippen LogP contribution in [-0.4, -0.2) is 11.1 Å². The van der Waals surface area contributed by atoms with Gasteiger partial charge in [0.1, 0.15) is 17.2 Å². The van der Waals surface area contributed by atoms with Crippen molar-refractivity contribution in [1.29, 1.82) is 0 Å². The van der Waals surface area contributed by atoms with Gasteiger partial charge in [0, 0.05) is 21.8 Å². The van der Waals surface area contributed by atoms with Crippen molar-refractivity contribution in [2.75, 3.05) is 5.32 Å². The second-order valence-electron chi connectivity index (χ2n) is 7.96. The molecule has 0 saturated heterocycles. The largest absolute Gasteiger partial charge is 0.478 e. The van der Waals surface area contributed by atoms with Gasteiger partial charge < -0.3 is 14.8 Å². The number of benzene rings is 3. The summed E-state index contributed by atoms with van der Waals surface area (Å²) in [5.74, 6) is -1.44. The van der Waals surface area contributed by atoms with Gasteiger partial charge >= 0.3 is 5.97 Å². The molecule has 1 heterocycles. The van der Waals surface area contributed by atoms with Gasteiger partial charge in [0.15, 0.2) is 5.43 Å². The first kappa shape index (κ1) is 22.6. The predicted molar refractivity (Wildman–Crippen MR) is 128 cm³/mol. The highest BCUT2D eigenvalue weighted by molar-refractivity contribution is 6.31. The number of anilines is 1. The maximum Gasteiger partial charge on any atom is 0.337 e. The van der Waals surface area contributed by atoms with E-state index in [-0.39, 0.29) is 22.3 Å². The van der Waals surface area contributed by atoms with E-state index in [2.05, 4.69) is 5.32 Å². The molecule has 0 spiro atoms. The van der Waals surface area contributed by atoms with Gasteiger partial charge in [-0.2, -0.15) is 0 Å². The second kappa shape index (κ2) is 8.71. The van der Waals surface area contributed by atoms with Crippen molar-refractivity contribution < 1.29 is 18.7 Å². The zero-order valence-corrected chi connectivity index (χ0v) is 19.0. The molecular formula is C26H21ClFNO4. The lowest BCUT2D eigenvalue weighted by molar-refractivity contribution is 0.0698. The number of hydrogen-bond acceptors (Lipinski definition) is 4. The van der Waals surface area contributed by atoms with Crippen LogP contribution in [0.25, 0.3) is 22.3 Å². The topological polar surface area (TPSA) is 79.5 Å². The van der Waals surface area contributed by atoms with Gasteiger partial charge in [0.25, 0.3) is 0 Å². The fourth-order valence-electron chi connectivity index (χ4n) is 3.92. The molecule has 1 aromatic heterocycles. The molecule has 1 atom stereocenters. The fraction of sp³-hybridized carbons (Fsp3) is 0.154. The summed E-state index contributed by atoms with van der Waals surface area (Å²) in [5, 5.41) is 13.4. The Hall–Kier alpha value is -3.64. The minimum Gasteiger partial charge on any atom is -0.478 e. The van der Waals surface area contributed by atoms with Gasteiger partial charge in [-0.15, -0.1) is 0 Å². The molecule has 3 aromatic carbocycles. The lowest BCUT2D eigenvalue weighted by Crippen LogP contribution is -2.14. The third-order valence-electron chi connectivity index (χ3n) is 5.56. The molecule has 4 aromatic rings. The van der Waals surface area contributed by atoms with E-state index in [4.69, 9.17) is 16.0 Å². The second-order valence-corrected chi connectivity index (χ2v) is 8.39. The lowest BCUT2D eigenvalue weighted by Gasteiger charge is -2.20. The van der Waals surface area contributed by atoms with E-state index in [1.54, 1.807) is 43.3 Å². The van der Waals surface area contributed by atoms with Crippen molar-refractivity contribution in [1.82, 2.24) is 0 Å². The number of carboxylic acid groups (broad SMARTS) is 1. The third kappa shape index (κ3) is 4.22. The molecule has 0 saturated carbocycles. The van der Waals surface area contributed by atoms with Gasteiger partial charge in [-0.05, 0) is 62.7 Å². The van der Waals surface area contributed by atoms with Crippen LogP contribution in [0, 0.1) is 19.7 Å². The molecule has 0 aliphatic carbocycles. The Morgan fingerprint density at radius 1 is 1.12 bits per heavy atom. The van der Waals surface area contributed by atoms with Crippen LogP contribution in [0.3, 0.4) is 0 Å². The molecule has 0 fully saturated rings. The van der Waals surface area contributed by atoms with Crippen LogP contribution in [0.5, 0.6) is 0 Å². The molecular weight excluding hydrogens is 445 g/mol. The number of halogens is 2. The van der Waals surface area contributed by atoms with Crippen LogP contribution in [0.4, 0.5) is 10.1 Å². The summed E-state index contributed by atoms with van der Waals surface area (Å²) in [4.78, 5) is 24.9. The van der Waals surface area contributed by atoms with Gasteiger partial charge in [0.05, 0.1) is 22.6 Å². The number of hydrogen-bond donors (Lipinski definition) is 2. The van der Waals surface area contributed by atoms with E-state index in [1.165, 1.54) is 12.1 Å². The predicted octanol–water partition coefficient (Wildman–Crippen LogP) is 6.74. The lowest BCUT2D eigenvalue weighted by atomic mass is 9.98. The van der Waals surface area contributed by atoms with Crippen LogP contribution in [0.1, 0.15) is 40.0 Å². The molecule has 7 heteroatoms. The molecule has 1 unspecified atom stereocenters. The molecule has 0 radical (unpaired) electrons. The van der Waals surface area contributed by atoms with Crippen molar-refractivity contribution in [3.8, 4) is 11.3 Å². The minimum absolute atomic E-state index is 0.0238. The Morgan fingerprint density at radius 3 is 2.55 bits per heavy atom. The average Bonchev–Trinajstić information content (AvgIpc) is 2.77. The number of rotatable bonds is 5. The Labute approximate surface area is 194 Å². The maximum atomic E-state index is 14.5. The monoisotopic (exact) mass is 465 g/mol. The highest BCUT2D eigenvalue weighted by Gasteiger charge is 2.21. The summed E-state index contributed by atoms with van der Waals surface area (Å²) in [6, 6.07) is 13.8. The average molecular weight is 466 g/mol. The summed E-state index contributed by atoms with van der Waals surface area (Å²) in [5.41, 5.74) is 2.47. The van der Waals surface area contributed by atoms with E-state index < -0.39 is 17.8 Å². The molecule has 168 valence electrons. The van der Waals surface area contributed by atoms with Gasteiger partial charge in [-0.1, -0.05) is 29.8 Å². The molecule has 0 aliphatic heterocycles. The van der Waals surface area contributed by atoms with E-state index in [9.17, 15) is 19.1 Å². The first-order valence-electron chi connectivity index (χ1n) is 10.3. The SMILES string of the molecule is Cc1cc(C(C)Nc2ccc(Cl)cc2C(=O)O)c2oc(-c3ccccc3F)c(C)c(=O)c2c1. The molecule has 33 heavy (non-hydrogen) atoms. The molecule has 0 amide bonds. The first-order chi connectivity index (χ1) is 15.7. The number of nitrogens with one attached hydrogen (secondary N) is 1. The third-order valence-corrected chi connectivity index (χ3v) is 5.80. The number of carbonyl (C=O) groups is 1. The van der Waals surface area contributed by atoms with Crippen molar-refractivity contribution >= 4 is 34.2 Å². The van der Waals surface area contributed by atoms with Crippen LogP contribution in [0.2, 0.25) is 5.02 Å². The molecule has 0 bridgehead atoms. The number of carboxylic acids is 1. The first-order valence-corrected chi connectivity index (χ1v) is 10.7. The summed E-state index contributed by atoms with van der Waals surface area (Å²) >= 11 is 5.96. The van der Waals surface area contributed by atoms with Crippen LogP contribution in [-0.2, 0) is 0 Å². The fourth-order valence-corrected chi connectivity index (χ4v) is 4.09. The molecule has 0 aliphatic rings. The quantitative estimate of drug-likeness (QED) is 0.341. The molecule has 2 N–H and O–H groups in total. The van der Waals surface area contributed by atoms with Gasteiger partial charge in [-0.3, -0.25) is 4.79 Å². The summed E-state index contributed by atoms with van der Waals surface area (Å²) in [6.45, 7) is 5.31. The zero-order chi connectivity index (χ0) is 23.9. The summed E-state index contributed by atoms with van der Waals surface area (Å²) < 4.78 is 20.7. The van der Waals surface area contributed by atoms with Crippen LogP contribution < -0.4 is 10.7 Å². The normalized spacial score (nSPS) is 12.0. The Morgan fingerprint density at radius 2 is 1.85 bits per heavy atom. The minimum atomic E-state index is -1.12.